The van der Waals surface area contributed by atoms with Crippen LogP contribution in [0.2, 0.25) is 0 Å². The minimum Gasteiger partial charge on any atom is -0.351 e. The maximum absolute atomic E-state index is 13.1. The molecule has 3 aliphatic carbocycles. The third-order valence-corrected chi connectivity index (χ3v) is 9.10. The second kappa shape index (κ2) is 6.09. The summed E-state index contributed by atoms with van der Waals surface area (Å²) in [6, 6.07) is 0.258. The summed E-state index contributed by atoms with van der Waals surface area (Å²) < 4.78 is 0. The number of nitrogens with one attached hydrogen (secondary N) is 2. The van der Waals surface area contributed by atoms with E-state index < -0.39 is 0 Å². The second-order valence-corrected chi connectivity index (χ2v) is 11.8. The molecule has 4 nitrogen and oxygen atoms in total. The Hall–Kier alpha value is -1.32. The molecule has 0 aromatic heterocycles. The van der Waals surface area contributed by atoms with Crippen molar-refractivity contribution < 1.29 is 9.59 Å². The Bertz CT molecular complexity index is 723. The first-order chi connectivity index (χ1) is 12.9. The molecule has 2 N–H and O–H groups in total. The first kappa shape index (κ1) is 20.0. The van der Waals surface area contributed by atoms with E-state index in [1.807, 2.05) is 0 Å². The summed E-state index contributed by atoms with van der Waals surface area (Å²) in [6.07, 6.45) is 10.6. The summed E-state index contributed by atoms with van der Waals surface area (Å²) >= 11 is 0. The monoisotopic (exact) mass is 386 g/mol. The van der Waals surface area contributed by atoms with E-state index in [-0.39, 0.29) is 45.6 Å². The second-order valence-electron chi connectivity index (χ2n) is 11.8. The van der Waals surface area contributed by atoms with Crippen LogP contribution in [-0.2, 0) is 9.59 Å². The largest absolute Gasteiger partial charge is 0.351 e. The fraction of sp³-hybridized carbons (Fsp3) is 0.833. The van der Waals surface area contributed by atoms with Gasteiger partial charge < -0.3 is 10.6 Å². The normalized spacial score (nSPS) is 47.6. The van der Waals surface area contributed by atoms with Crippen LogP contribution < -0.4 is 10.6 Å². The Kier molecular flexibility index (Phi) is 4.34. The average Bonchev–Trinajstić information content (AvgIpc) is 2.93. The Morgan fingerprint density at radius 3 is 2.39 bits per heavy atom. The standard InChI is InChI=1S/C24H38N2O2/c1-21(2,3)26-20(28)15-7-8-16-22(15,4)12-9-17-23(16,5)13-10-18-24(17,6)14-11-19(27)25-18/h11,14-18H,7-10,12-13H2,1-6H3,(H,25,27)(H,26,28)/t15?,16-,17+,18-,22-,23+,24-/m1/s1. The van der Waals surface area contributed by atoms with E-state index in [1.54, 1.807) is 6.08 Å². The molecule has 0 saturated heterocycles. The molecule has 4 heteroatoms. The number of amides is 2. The molecule has 1 unspecified atom stereocenters. The minimum atomic E-state index is -0.177. The van der Waals surface area contributed by atoms with Crippen LogP contribution in [0.5, 0.6) is 0 Å². The zero-order valence-corrected chi connectivity index (χ0v) is 18.5. The molecule has 0 spiro atoms. The molecule has 28 heavy (non-hydrogen) atoms. The van der Waals surface area contributed by atoms with Crippen molar-refractivity contribution in [2.24, 2.45) is 34.0 Å². The summed E-state index contributed by atoms with van der Waals surface area (Å²) in [5.41, 5.74) is 0.185. The van der Waals surface area contributed by atoms with Crippen LogP contribution in [0.15, 0.2) is 12.2 Å². The molecule has 1 heterocycles. The number of carbonyl (C=O) groups excluding carboxylic acids is 2. The average molecular weight is 387 g/mol. The van der Waals surface area contributed by atoms with E-state index in [2.05, 4.69) is 58.3 Å². The third-order valence-electron chi connectivity index (χ3n) is 9.10. The molecule has 0 aromatic carbocycles. The molecule has 0 aromatic rings. The first-order valence-corrected chi connectivity index (χ1v) is 11.2. The van der Waals surface area contributed by atoms with Crippen molar-refractivity contribution in [1.29, 1.82) is 0 Å². The van der Waals surface area contributed by atoms with Gasteiger partial charge in [0.05, 0.1) is 0 Å². The molecule has 4 rings (SSSR count). The SMILES string of the molecule is CC(C)(C)NC(=O)C1CC[C@H]2[C@]3(C)CC[C@H]4NC(=O)C=C[C@]4(C)[C@H]3CC[C@]12C. The Balaban J connectivity index is 1.64. The van der Waals surface area contributed by atoms with Gasteiger partial charge in [-0.05, 0) is 88.0 Å². The molecule has 4 aliphatic rings. The fourth-order valence-corrected chi connectivity index (χ4v) is 7.90. The van der Waals surface area contributed by atoms with Gasteiger partial charge in [-0.25, -0.2) is 0 Å². The van der Waals surface area contributed by atoms with Gasteiger partial charge in [0.15, 0.2) is 0 Å². The van der Waals surface area contributed by atoms with Crippen LogP contribution in [0.25, 0.3) is 0 Å². The maximum Gasteiger partial charge on any atom is 0.243 e. The van der Waals surface area contributed by atoms with Crippen molar-refractivity contribution in [3.05, 3.63) is 12.2 Å². The van der Waals surface area contributed by atoms with Gasteiger partial charge in [-0.15, -0.1) is 0 Å². The van der Waals surface area contributed by atoms with Crippen molar-refractivity contribution >= 4 is 11.8 Å². The van der Waals surface area contributed by atoms with Gasteiger partial charge in [-0.3, -0.25) is 9.59 Å². The minimum absolute atomic E-state index is 0.0357. The maximum atomic E-state index is 13.1. The summed E-state index contributed by atoms with van der Waals surface area (Å²) in [6.45, 7) is 13.5. The van der Waals surface area contributed by atoms with Crippen LogP contribution in [0.3, 0.4) is 0 Å². The van der Waals surface area contributed by atoms with Gasteiger partial charge in [0.25, 0.3) is 0 Å². The summed E-state index contributed by atoms with van der Waals surface area (Å²) in [4.78, 5) is 25.1. The Morgan fingerprint density at radius 1 is 1.04 bits per heavy atom. The Labute approximate surface area is 170 Å². The highest BCUT2D eigenvalue weighted by molar-refractivity contribution is 5.89. The fourth-order valence-electron chi connectivity index (χ4n) is 7.90. The van der Waals surface area contributed by atoms with Gasteiger partial charge >= 0.3 is 0 Å². The van der Waals surface area contributed by atoms with Gasteiger partial charge in [-0.1, -0.05) is 26.8 Å². The van der Waals surface area contributed by atoms with Crippen LogP contribution >= 0.6 is 0 Å². The molecule has 0 radical (unpaired) electrons. The lowest BCUT2D eigenvalue weighted by atomic mass is 9.42. The third kappa shape index (κ3) is 2.77. The molecule has 1 aliphatic heterocycles. The van der Waals surface area contributed by atoms with E-state index in [4.69, 9.17) is 0 Å². The van der Waals surface area contributed by atoms with Crippen molar-refractivity contribution in [1.82, 2.24) is 10.6 Å². The van der Waals surface area contributed by atoms with Gasteiger partial charge in [0.1, 0.15) is 0 Å². The summed E-state index contributed by atoms with van der Waals surface area (Å²) in [5.74, 6) is 1.59. The van der Waals surface area contributed by atoms with Gasteiger partial charge in [0.2, 0.25) is 11.8 Å². The zero-order chi connectivity index (χ0) is 20.5. The molecule has 2 amide bonds. The highest BCUT2D eigenvalue weighted by Gasteiger charge is 2.65. The van der Waals surface area contributed by atoms with E-state index in [9.17, 15) is 9.59 Å². The number of carbonyl (C=O) groups is 2. The van der Waals surface area contributed by atoms with Gasteiger partial charge in [0, 0.05) is 22.9 Å². The lowest BCUT2D eigenvalue weighted by molar-refractivity contribution is -0.148. The molecular formula is C24H38N2O2. The smallest absolute Gasteiger partial charge is 0.243 e. The number of hydrogen-bond donors (Lipinski definition) is 2. The highest BCUT2D eigenvalue weighted by atomic mass is 16.2. The molecule has 0 bridgehead atoms. The van der Waals surface area contributed by atoms with Crippen LogP contribution in [0.4, 0.5) is 0 Å². The number of fused-ring (bicyclic) bond motifs is 5. The van der Waals surface area contributed by atoms with Gasteiger partial charge in [-0.2, -0.15) is 0 Å². The van der Waals surface area contributed by atoms with E-state index in [0.29, 0.717) is 11.8 Å². The lowest BCUT2D eigenvalue weighted by Crippen LogP contribution is -2.63. The van der Waals surface area contributed by atoms with Crippen LogP contribution in [0.1, 0.15) is 80.1 Å². The predicted octanol–water partition coefficient (Wildman–Crippen LogP) is 4.20. The molecule has 156 valence electrons. The number of hydrogen-bond acceptors (Lipinski definition) is 2. The van der Waals surface area contributed by atoms with Crippen LogP contribution in [0, 0.1) is 34.0 Å². The first-order valence-electron chi connectivity index (χ1n) is 11.2. The molecular weight excluding hydrogens is 348 g/mol. The summed E-state index contributed by atoms with van der Waals surface area (Å²) in [7, 11) is 0. The lowest BCUT2D eigenvalue weighted by Gasteiger charge is -2.64. The number of rotatable bonds is 1. The molecule has 7 atom stereocenters. The predicted molar refractivity (Wildman–Crippen MR) is 111 cm³/mol. The van der Waals surface area contributed by atoms with Crippen molar-refractivity contribution in [3.63, 3.8) is 0 Å². The Morgan fingerprint density at radius 2 is 1.71 bits per heavy atom. The van der Waals surface area contributed by atoms with Crippen molar-refractivity contribution in [3.8, 4) is 0 Å². The van der Waals surface area contributed by atoms with E-state index >= 15 is 0 Å². The molecule has 3 saturated carbocycles. The van der Waals surface area contributed by atoms with Crippen molar-refractivity contribution in [2.75, 3.05) is 0 Å². The van der Waals surface area contributed by atoms with Crippen LogP contribution in [-0.4, -0.2) is 23.4 Å². The zero-order valence-electron chi connectivity index (χ0n) is 18.5. The molecule has 3 fully saturated rings. The van der Waals surface area contributed by atoms with Crippen molar-refractivity contribution in [2.45, 2.75) is 91.6 Å². The quantitative estimate of drug-likeness (QED) is 0.709. The highest BCUT2D eigenvalue weighted by Crippen LogP contribution is 2.70. The summed E-state index contributed by atoms with van der Waals surface area (Å²) in [5, 5.41) is 6.51. The van der Waals surface area contributed by atoms with E-state index in [0.717, 1.165) is 38.5 Å². The van der Waals surface area contributed by atoms with E-state index in [1.165, 1.54) is 0 Å². The topological polar surface area (TPSA) is 58.2 Å².